The predicted molar refractivity (Wildman–Crippen MR) is 75.2 cm³/mol. The second-order valence-electron chi connectivity index (χ2n) is 3.08. The number of amides is 2. The normalized spacial score (nSPS) is 7.44. The molecular formula is C10H30N6O2. The van der Waals surface area contributed by atoms with E-state index in [-0.39, 0.29) is 11.8 Å². The van der Waals surface area contributed by atoms with E-state index >= 15 is 0 Å². The second-order valence-corrected chi connectivity index (χ2v) is 3.08. The molecule has 0 atom stereocenters. The fraction of sp³-hybridized carbons (Fsp3) is 0.800. The van der Waals surface area contributed by atoms with Gasteiger partial charge in [0.2, 0.25) is 11.8 Å². The van der Waals surface area contributed by atoms with Gasteiger partial charge < -0.3 is 34.4 Å². The molecule has 0 unspecified atom stereocenters. The Bertz CT molecular complexity index is 136. The first kappa shape index (κ1) is 25.6. The summed E-state index contributed by atoms with van der Waals surface area (Å²) in [5, 5.41) is 0. The van der Waals surface area contributed by atoms with Gasteiger partial charge in [0, 0.05) is 13.8 Å². The van der Waals surface area contributed by atoms with Gasteiger partial charge in [-0.05, 0) is 39.0 Å². The number of hydrogen-bond donors (Lipinski definition) is 6. The first-order chi connectivity index (χ1) is 8.29. The van der Waals surface area contributed by atoms with Crippen molar-refractivity contribution in [1.82, 2.24) is 0 Å². The molecule has 0 radical (unpaired) electrons. The van der Waals surface area contributed by atoms with Crippen molar-refractivity contribution in [1.29, 1.82) is 0 Å². The third-order valence-corrected chi connectivity index (χ3v) is 0.816. The average molecular weight is 266 g/mol. The van der Waals surface area contributed by atoms with Crippen LogP contribution in [0.25, 0.3) is 0 Å². The minimum absolute atomic E-state index is 0.333. The molecule has 18 heavy (non-hydrogen) atoms. The van der Waals surface area contributed by atoms with Crippen LogP contribution in [0.4, 0.5) is 0 Å². The maximum atomic E-state index is 9.22. The Morgan fingerprint density at radius 2 is 0.778 bits per heavy atom. The summed E-state index contributed by atoms with van der Waals surface area (Å²) in [6.07, 6.45) is 1.89. The molecule has 0 heterocycles. The highest BCUT2D eigenvalue weighted by molar-refractivity contribution is 5.70. The van der Waals surface area contributed by atoms with E-state index in [1.54, 1.807) is 0 Å². The first-order valence-electron chi connectivity index (χ1n) is 5.62. The van der Waals surface area contributed by atoms with E-state index in [4.69, 9.17) is 22.9 Å². The van der Waals surface area contributed by atoms with Gasteiger partial charge in [-0.25, -0.2) is 0 Å². The van der Waals surface area contributed by atoms with Crippen molar-refractivity contribution in [2.24, 2.45) is 34.4 Å². The van der Waals surface area contributed by atoms with Crippen LogP contribution in [0.2, 0.25) is 0 Å². The molecule has 0 spiro atoms. The molecule has 0 aromatic heterocycles. The molecule has 0 aromatic carbocycles. The lowest BCUT2D eigenvalue weighted by molar-refractivity contribution is -0.116. The Hall–Kier alpha value is -1.22. The molecule has 8 nitrogen and oxygen atoms in total. The number of carbonyl (C=O) groups is 2. The van der Waals surface area contributed by atoms with E-state index in [2.05, 4.69) is 11.5 Å². The Labute approximate surface area is 109 Å². The van der Waals surface area contributed by atoms with E-state index in [9.17, 15) is 9.59 Å². The highest BCUT2D eigenvalue weighted by Gasteiger charge is 1.68. The Morgan fingerprint density at radius 1 is 0.667 bits per heavy atom. The van der Waals surface area contributed by atoms with Gasteiger partial charge in [-0.3, -0.25) is 9.59 Å². The highest BCUT2D eigenvalue weighted by atomic mass is 16.1. The highest BCUT2D eigenvalue weighted by Crippen LogP contribution is 1.58. The van der Waals surface area contributed by atoms with Gasteiger partial charge in [-0.1, -0.05) is 0 Å². The molecule has 12 N–H and O–H groups in total. The Kier molecular flexibility index (Phi) is 42.2. The lowest BCUT2D eigenvalue weighted by Crippen LogP contribution is -2.06. The summed E-state index contributed by atoms with van der Waals surface area (Å²) < 4.78 is 0. The summed E-state index contributed by atoms with van der Waals surface area (Å²) in [7, 11) is 0. The van der Waals surface area contributed by atoms with Gasteiger partial charge in [-0.15, -0.1) is 0 Å². The van der Waals surface area contributed by atoms with Crippen LogP contribution in [0.5, 0.6) is 0 Å². The summed E-state index contributed by atoms with van der Waals surface area (Å²) in [4.78, 5) is 18.4. The van der Waals surface area contributed by atoms with Crippen molar-refractivity contribution in [2.45, 2.75) is 26.7 Å². The van der Waals surface area contributed by atoms with Crippen LogP contribution in [-0.4, -0.2) is 38.0 Å². The van der Waals surface area contributed by atoms with E-state index in [1.165, 1.54) is 13.8 Å². The van der Waals surface area contributed by atoms with Crippen LogP contribution < -0.4 is 34.4 Å². The molecule has 8 heteroatoms. The van der Waals surface area contributed by atoms with Crippen LogP contribution in [0, 0.1) is 0 Å². The van der Waals surface area contributed by atoms with Crippen molar-refractivity contribution in [3.05, 3.63) is 0 Å². The first-order valence-corrected chi connectivity index (χ1v) is 5.62. The number of hydrogen-bond acceptors (Lipinski definition) is 6. The van der Waals surface area contributed by atoms with Gasteiger partial charge in [0.05, 0.1) is 0 Å². The summed E-state index contributed by atoms with van der Waals surface area (Å²) in [5.41, 5.74) is 29.2. The zero-order valence-electron chi connectivity index (χ0n) is 11.5. The molecule has 0 aliphatic carbocycles. The van der Waals surface area contributed by atoms with E-state index in [1.807, 2.05) is 0 Å². The Balaban J connectivity index is -0.0000000731. The van der Waals surface area contributed by atoms with Gasteiger partial charge in [-0.2, -0.15) is 0 Å². The smallest absolute Gasteiger partial charge is 0.214 e. The van der Waals surface area contributed by atoms with E-state index < -0.39 is 0 Å². The van der Waals surface area contributed by atoms with Gasteiger partial charge >= 0.3 is 0 Å². The molecular weight excluding hydrogens is 236 g/mol. The predicted octanol–water partition coefficient (Wildman–Crippen LogP) is -2.43. The molecule has 0 aliphatic rings. The lowest BCUT2D eigenvalue weighted by Gasteiger charge is -1.81. The molecule has 0 saturated carbocycles. The summed E-state index contributed by atoms with van der Waals surface area (Å²) >= 11 is 0. The molecule has 0 rings (SSSR count). The van der Waals surface area contributed by atoms with Crippen LogP contribution in [0.3, 0.4) is 0 Å². The van der Waals surface area contributed by atoms with Crippen LogP contribution in [0.1, 0.15) is 26.7 Å². The fourth-order valence-corrected chi connectivity index (χ4v) is 0.236. The zero-order chi connectivity index (χ0) is 15.4. The minimum Gasteiger partial charge on any atom is -0.370 e. The summed E-state index contributed by atoms with van der Waals surface area (Å²) in [5.74, 6) is -0.667. The Morgan fingerprint density at radius 3 is 0.778 bits per heavy atom. The third-order valence-electron chi connectivity index (χ3n) is 0.816. The number of carbonyl (C=O) groups excluding carboxylic acids is 2. The molecule has 0 saturated heterocycles. The topological polar surface area (TPSA) is 190 Å². The largest absolute Gasteiger partial charge is 0.370 e. The van der Waals surface area contributed by atoms with Crippen molar-refractivity contribution in [3.63, 3.8) is 0 Å². The fourth-order valence-electron chi connectivity index (χ4n) is 0.236. The molecule has 2 amide bonds. The SMILES string of the molecule is CC(N)=O.CC(N)=O.NCCCN.NCCCN. The lowest BCUT2D eigenvalue weighted by atomic mass is 10.4. The average Bonchev–Trinajstić information content (AvgIpc) is 2.19. The van der Waals surface area contributed by atoms with Crippen molar-refractivity contribution in [3.8, 4) is 0 Å². The van der Waals surface area contributed by atoms with Crippen LogP contribution >= 0.6 is 0 Å². The van der Waals surface area contributed by atoms with Crippen molar-refractivity contribution >= 4 is 11.8 Å². The van der Waals surface area contributed by atoms with Crippen LogP contribution in [0.15, 0.2) is 0 Å². The third kappa shape index (κ3) is 363. The number of nitrogens with two attached hydrogens (primary N) is 6. The van der Waals surface area contributed by atoms with Crippen molar-refractivity contribution < 1.29 is 9.59 Å². The van der Waals surface area contributed by atoms with E-state index in [0.29, 0.717) is 0 Å². The molecule has 0 aliphatic heterocycles. The monoisotopic (exact) mass is 266 g/mol. The standard InChI is InChI=1S/2C3H10N2.2C2H5NO/c2*4-2-1-3-5;2*1-2(3)4/h2*1-5H2;2*1H3,(H2,3,4). The maximum Gasteiger partial charge on any atom is 0.214 e. The van der Waals surface area contributed by atoms with Gasteiger partial charge in [0.25, 0.3) is 0 Å². The van der Waals surface area contributed by atoms with Crippen LogP contribution in [-0.2, 0) is 9.59 Å². The molecule has 0 aromatic rings. The van der Waals surface area contributed by atoms with Crippen molar-refractivity contribution in [2.75, 3.05) is 26.2 Å². The number of primary amides is 2. The van der Waals surface area contributed by atoms with Gasteiger partial charge in [0.1, 0.15) is 0 Å². The minimum atomic E-state index is -0.333. The molecule has 0 fully saturated rings. The quantitative estimate of drug-likeness (QED) is 0.327. The summed E-state index contributed by atoms with van der Waals surface area (Å²) in [6.45, 7) is 5.49. The number of rotatable bonds is 4. The van der Waals surface area contributed by atoms with Gasteiger partial charge in [0.15, 0.2) is 0 Å². The molecule has 112 valence electrons. The molecule has 0 bridgehead atoms. The van der Waals surface area contributed by atoms with E-state index in [0.717, 1.165) is 39.0 Å². The summed E-state index contributed by atoms with van der Waals surface area (Å²) in [6, 6.07) is 0. The zero-order valence-corrected chi connectivity index (χ0v) is 11.5. The second kappa shape index (κ2) is 29.7. The maximum absolute atomic E-state index is 9.22.